The highest BCUT2D eigenvalue weighted by atomic mass is 16.2. The normalized spacial score (nSPS) is 10.8. The van der Waals surface area contributed by atoms with Crippen molar-refractivity contribution in [3.63, 3.8) is 0 Å². The zero-order valence-corrected chi connectivity index (χ0v) is 15.4. The fourth-order valence-electron chi connectivity index (χ4n) is 2.82. The van der Waals surface area contributed by atoms with Crippen LogP contribution in [-0.2, 0) is 6.54 Å². The van der Waals surface area contributed by atoms with Crippen LogP contribution in [0, 0.1) is 13.8 Å². The number of hydrogen-bond acceptors (Lipinski definition) is 6. The van der Waals surface area contributed by atoms with E-state index >= 15 is 0 Å². The summed E-state index contributed by atoms with van der Waals surface area (Å²) in [7, 11) is 0. The first-order valence-corrected chi connectivity index (χ1v) is 8.69. The SMILES string of the molecule is Cc1ccc(Cn2cc(C(=O)Nc3ccc(-n4cnnn4)c(C)c3)nn2)cc1. The number of tetrazole rings is 1. The number of rotatable bonds is 5. The molecule has 9 nitrogen and oxygen atoms in total. The van der Waals surface area contributed by atoms with Crippen molar-refractivity contribution in [1.29, 1.82) is 0 Å². The predicted molar refractivity (Wildman–Crippen MR) is 102 cm³/mol. The summed E-state index contributed by atoms with van der Waals surface area (Å²) >= 11 is 0. The summed E-state index contributed by atoms with van der Waals surface area (Å²) in [4.78, 5) is 12.5. The first-order valence-electron chi connectivity index (χ1n) is 8.69. The number of anilines is 1. The third-order valence-electron chi connectivity index (χ3n) is 4.29. The Morgan fingerprint density at radius 1 is 1.07 bits per heavy atom. The van der Waals surface area contributed by atoms with Gasteiger partial charge in [0, 0.05) is 5.69 Å². The molecule has 2 aromatic carbocycles. The summed E-state index contributed by atoms with van der Waals surface area (Å²) in [5, 5.41) is 22.0. The van der Waals surface area contributed by atoms with Crippen LogP contribution in [0.5, 0.6) is 0 Å². The third-order valence-corrected chi connectivity index (χ3v) is 4.29. The van der Waals surface area contributed by atoms with E-state index in [1.54, 1.807) is 21.6 Å². The molecule has 0 aliphatic heterocycles. The molecule has 0 unspecified atom stereocenters. The van der Waals surface area contributed by atoms with Crippen LogP contribution >= 0.6 is 0 Å². The molecule has 140 valence electrons. The highest BCUT2D eigenvalue weighted by molar-refractivity contribution is 6.02. The number of amides is 1. The van der Waals surface area contributed by atoms with E-state index in [2.05, 4.69) is 31.2 Å². The van der Waals surface area contributed by atoms with Gasteiger partial charge in [-0.2, -0.15) is 0 Å². The summed E-state index contributed by atoms with van der Waals surface area (Å²) in [6.45, 7) is 4.52. The third kappa shape index (κ3) is 3.78. The number of nitrogens with zero attached hydrogens (tertiary/aromatic N) is 7. The minimum Gasteiger partial charge on any atom is -0.321 e. The number of nitrogens with one attached hydrogen (secondary N) is 1. The van der Waals surface area contributed by atoms with Gasteiger partial charge in [0.15, 0.2) is 5.69 Å². The molecule has 0 aliphatic carbocycles. The number of aryl methyl sites for hydroxylation is 2. The zero-order valence-electron chi connectivity index (χ0n) is 15.4. The topological polar surface area (TPSA) is 103 Å². The van der Waals surface area contributed by atoms with Crippen molar-refractivity contribution in [2.24, 2.45) is 0 Å². The fraction of sp³-hybridized carbons (Fsp3) is 0.158. The minimum absolute atomic E-state index is 0.259. The molecule has 9 heteroatoms. The summed E-state index contributed by atoms with van der Waals surface area (Å²) < 4.78 is 3.21. The Hall–Kier alpha value is -3.88. The molecule has 2 heterocycles. The zero-order chi connectivity index (χ0) is 19.5. The standard InChI is InChI=1S/C19H18N8O/c1-13-3-5-15(6-4-13)10-26-11-17(22-24-26)19(28)21-16-7-8-18(14(2)9-16)27-12-20-23-25-27/h3-9,11-12H,10H2,1-2H3,(H,21,28). The largest absolute Gasteiger partial charge is 0.321 e. The number of carbonyl (C=O) groups is 1. The van der Waals surface area contributed by atoms with E-state index in [4.69, 9.17) is 0 Å². The maximum absolute atomic E-state index is 12.5. The van der Waals surface area contributed by atoms with Crippen LogP contribution in [-0.4, -0.2) is 41.1 Å². The summed E-state index contributed by atoms with van der Waals surface area (Å²) in [5.41, 5.74) is 4.97. The van der Waals surface area contributed by atoms with Crippen LogP contribution < -0.4 is 5.32 Å². The van der Waals surface area contributed by atoms with Crippen LogP contribution in [0.4, 0.5) is 5.69 Å². The molecule has 28 heavy (non-hydrogen) atoms. The molecule has 0 radical (unpaired) electrons. The highest BCUT2D eigenvalue weighted by Crippen LogP contribution is 2.18. The molecule has 0 saturated heterocycles. The first kappa shape index (κ1) is 17.5. The predicted octanol–water partition coefficient (Wildman–Crippen LogP) is 2.17. The van der Waals surface area contributed by atoms with Crippen molar-refractivity contribution in [2.75, 3.05) is 5.32 Å². The van der Waals surface area contributed by atoms with Crippen LogP contribution in [0.3, 0.4) is 0 Å². The van der Waals surface area contributed by atoms with Crippen LogP contribution in [0.15, 0.2) is 55.0 Å². The molecule has 0 saturated carbocycles. The molecule has 4 aromatic rings. The Morgan fingerprint density at radius 3 is 2.61 bits per heavy atom. The number of hydrogen-bond donors (Lipinski definition) is 1. The second-order valence-electron chi connectivity index (χ2n) is 6.50. The molecule has 1 amide bonds. The molecule has 4 rings (SSSR count). The Bertz CT molecular complexity index is 1100. The van der Waals surface area contributed by atoms with Gasteiger partial charge in [0.1, 0.15) is 6.33 Å². The van der Waals surface area contributed by atoms with Gasteiger partial charge in [0.2, 0.25) is 0 Å². The van der Waals surface area contributed by atoms with Gasteiger partial charge < -0.3 is 5.32 Å². The minimum atomic E-state index is -0.315. The first-order chi connectivity index (χ1) is 13.6. The maximum atomic E-state index is 12.5. The van der Waals surface area contributed by atoms with Gasteiger partial charge in [-0.05, 0) is 53.6 Å². The van der Waals surface area contributed by atoms with Crippen molar-refractivity contribution in [3.8, 4) is 5.69 Å². The lowest BCUT2D eigenvalue weighted by atomic mass is 10.1. The average molecular weight is 374 g/mol. The smallest absolute Gasteiger partial charge is 0.277 e. The second kappa shape index (κ2) is 7.39. The summed E-state index contributed by atoms with van der Waals surface area (Å²) in [5.74, 6) is -0.315. The van der Waals surface area contributed by atoms with Gasteiger partial charge in [-0.15, -0.1) is 10.2 Å². The number of benzene rings is 2. The Morgan fingerprint density at radius 2 is 1.89 bits per heavy atom. The molecule has 0 fully saturated rings. The van der Waals surface area contributed by atoms with Gasteiger partial charge in [0.25, 0.3) is 5.91 Å². The van der Waals surface area contributed by atoms with Crippen molar-refractivity contribution in [3.05, 3.63) is 77.4 Å². The molecule has 0 spiro atoms. The van der Waals surface area contributed by atoms with Crippen LogP contribution in [0.1, 0.15) is 27.2 Å². The van der Waals surface area contributed by atoms with E-state index in [0.29, 0.717) is 12.2 Å². The maximum Gasteiger partial charge on any atom is 0.277 e. The second-order valence-corrected chi connectivity index (χ2v) is 6.50. The highest BCUT2D eigenvalue weighted by Gasteiger charge is 2.12. The van der Waals surface area contributed by atoms with Crippen molar-refractivity contribution < 1.29 is 4.79 Å². The van der Waals surface area contributed by atoms with E-state index in [9.17, 15) is 4.79 Å². The van der Waals surface area contributed by atoms with E-state index in [0.717, 1.165) is 16.8 Å². The van der Waals surface area contributed by atoms with Crippen molar-refractivity contribution in [2.45, 2.75) is 20.4 Å². The van der Waals surface area contributed by atoms with Gasteiger partial charge in [-0.25, -0.2) is 9.36 Å². The van der Waals surface area contributed by atoms with E-state index < -0.39 is 0 Å². The van der Waals surface area contributed by atoms with Crippen LogP contribution in [0.25, 0.3) is 5.69 Å². The number of carbonyl (C=O) groups excluding carboxylic acids is 1. The lowest BCUT2D eigenvalue weighted by molar-refractivity contribution is 0.102. The average Bonchev–Trinajstić information content (AvgIpc) is 3.36. The lowest BCUT2D eigenvalue weighted by Gasteiger charge is -2.08. The molecule has 0 bridgehead atoms. The van der Waals surface area contributed by atoms with Gasteiger partial charge in [-0.3, -0.25) is 4.79 Å². The van der Waals surface area contributed by atoms with Crippen molar-refractivity contribution >= 4 is 11.6 Å². The molecule has 2 aromatic heterocycles. The Balaban J connectivity index is 1.44. The molecule has 0 atom stereocenters. The molecule has 0 aliphatic rings. The Labute approximate surface area is 161 Å². The van der Waals surface area contributed by atoms with Gasteiger partial charge in [0.05, 0.1) is 18.4 Å². The van der Waals surface area contributed by atoms with Crippen LogP contribution in [0.2, 0.25) is 0 Å². The molecule has 1 N–H and O–H groups in total. The van der Waals surface area contributed by atoms with E-state index in [1.807, 2.05) is 50.2 Å². The van der Waals surface area contributed by atoms with Gasteiger partial charge in [-0.1, -0.05) is 35.0 Å². The van der Waals surface area contributed by atoms with E-state index in [1.165, 1.54) is 11.9 Å². The quantitative estimate of drug-likeness (QED) is 0.574. The van der Waals surface area contributed by atoms with Gasteiger partial charge >= 0.3 is 0 Å². The van der Waals surface area contributed by atoms with E-state index in [-0.39, 0.29) is 11.6 Å². The lowest BCUT2D eigenvalue weighted by Crippen LogP contribution is -2.13. The summed E-state index contributed by atoms with van der Waals surface area (Å²) in [6, 6.07) is 13.6. The molecular formula is C19H18N8O. The monoisotopic (exact) mass is 374 g/mol. The summed E-state index contributed by atoms with van der Waals surface area (Å²) in [6.07, 6.45) is 3.16. The number of aromatic nitrogens is 7. The Kier molecular flexibility index (Phi) is 4.63. The fourth-order valence-corrected chi connectivity index (χ4v) is 2.82. The van der Waals surface area contributed by atoms with Crippen molar-refractivity contribution in [1.82, 2.24) is 35.2 Å². The molecular weight excluding hydrogens is 356 g/mol.